The van der Waals surface area contributed by atoms with Crippen molar-refractivity contribution in [3.63, 3.8) is 0 Å². The highest BCUT2D eigenvalue weighted by atomic mass is 19.1. The van der Waals surface area contributed by atoms with E-state index in [4.69, 9.17) is 9.47 Å². The molecule has 1 atom stereocenters. The molecular weight excluding hydrogens is 680 g/mol. The molecule has 0 aliphatic carbocycles. The Bertz CT molecular complexity index is 1990. The van der Waals surface area contributed by atoms with Crippen molar-refractivity contribution < 1.29 is 44.3 Å². The SMILES string of the molecule is C=C.C=C1N(Cc2c(F)ccc(OC(=O)OCc3ccc(NC(C)=O)cc3)c2C)c2cc(C(=O)NCc3c(F)cc(F)cc3F)ccc2[C@H](C)N1C.[HH].[HH]. The Hall–Kier alpha value is -6.11. The van der Waals surface area contributed by atoms with Crippen LogP contribution < -0.4 is 20.3 Å². The summed E-state index contributed by atoms with van der Waals surface area (Å²) in [5, 5.41) is 5.11. The van der Waals surface area contributed by atoms with Gasteiger partial charge in [0.05, 0.1) is 12.6 Å². The Morgan fingerprint density at radius 1 is 0.904 bits per heavy atom. The Morgan fingerprint density at radius 3 is 2.19 bits per heavy atom. The van der Waals surface area contributed by atoms with E-state index in [9.17, 15) is 27.6 Å². The third kappa shape index (κ3) is 8.78. The Kier molecular flexibility index (Phi) is 12.4. The maximum absolute atomic E-state index is 15.4. The normalized spacial score (nSPS) is 13.4. The van der Waals surface area contributed by atoms with E-state index < -0.39 is 47.4 Å². The van der Waals surface area contributed by atoms with Gasteiger partial charge in [0.2, 0.25) is 5.91 Å². The van der Waals surface area contributed by atoms with Crippen LogP contribution in [-0.2, 0) is 29.2 Å². The van der Waals surface area contributed by atoms with Crippen molar-refractivity contribution in [3.05, 3.63) is 149 Å². The fraction of sp³-hybridized carbons (Fsp3) is 0.205. The molecule has 13 heteroatoms. The molecule has 276 valence electrons. The van der Waals surface area contributed by atoms with Gasteiger partial charge in [-0.05, 0) is 66.9 Å². The number of rotatable bonds is 9. The lowest BCUT2D eigenvalue weighted by molar-refractivity contribution is -0.114. The first-order valence-electron chi connectivity index (χ1n) is 16.0. The number of fused-ring (bicyclic) bond motifs is 1. The van der Waals surface area contributed by atoms with Crippen LogP contribution >= 0.6 is 0 Å². The molecule has 0 fully saturated rings. The summed E-state index contributed by atoms with van der Waals surface area (Å²) in [4.78, 5) is 40.5. The lowest BCUT2D eigenvalue weighted by Gasteiger charge is -2.43. The van der Waals surface area contributed by atoms with E-state index in [1.165, 1.54) is 19.1 Å². The molecule has 0 unspecified atom stereocenters. The molecule has 1 aliphatic heterocycles. The molecule has 1 aliphatic rings. The highest BCUT2D eigenvalue weighted by Crippen LogP contribution is 2.41. The van der Waals surface area contributed by atoms with Crippen molar-refractivity contribution in [2.75, 3.05) is 17.3 Å². The number of ether oxygens (including phenoxy) is 2. The molecule has 0 saturated carbocycles. The smallest absolute Gasteiger partial charge is 0.429 e. The van der Waals surface area contributed by atoms with Crippen molar-refractivity contribution in [3.8, 4) is 5.75 Å². The number of hydrogen-bond donors (Lipinski definition) is 2. The fourth-order valence-electron chi connectivity index (χ4n) is 5.54. The van der Waals surface area contributed by atoms with Gasteiger partial charge in [0, 0.05) is 63.6 Å². The number of amides is 2. The maximum Gasteiger partial charge on any atom is 0.514 e. The van der Waals surface area contributed by atoms with E-state index in [0.717, 1.165) is 5.56 Å². The molecule has 52 heavy (non-hydrogen) atoms. The molecule has 4 aromatic carbocycles. The summed E-state index contributed by atoms with van der Waals surface area (Å²) < 4.78 is 67.8. The molecule has 0 bridgehead atoms. The number of halogens is 4. The topological polar surface area (TPSA) is 100 Å². The number of carbonyl (C=O) groups is 3. The lowest BCUT2D eigenvalue weighted by Crippen LogP contribution is -2.39. The Labute approximate surface area is 302 Å². The molecule has 1 heterocycles. The van der Waals surface area contributed by atoms with E-state index in [0.29, 0.717) is 40.5 Å². The van der Waals surface area contributed by atoms with Crippen molar-refractivity contribution in [2.45, 2.75) is 46.5 Å². The molecule has 2 amide bonds. The van der Waals surface area contributed by atoms with Crippen LogP contribution in [0.5, 0.6) is 5.75 Å². The van der Waals surface area contributed by atoms with E-state index >= 15 is 4.39 Å². The second-order valence-corrected chi connectivity index (χ2v) is 11.8. The highest BCUT2D eigenvalue weighted by molar-refractivity contribution is 5.95. The largest absolute Gasteiger partial charge is 0.514 e. The van der Waals surface area contributed by atoms with Gasteiger partial charge in [-0.1, -0.05) is 24.8 Å². The maximum atomic E-state index is 15.4. The Balaban J connectivity index is 0.00000248. The summed E-state index contributed by atoms with van der Waals surface area (Å²) in [5.41, 5.74) is 2.77. The molecule has 5 rings (SSSR count). The monoisotopic (exact) mass is 722 g/mol. The molecule has 0 saturated heterocycles. The van der Waals surface area contributed by atoms with Crippen LogP contribution in [0, 0.1) is 30.2 Å². The predicted molar refractivity (Wildman–Crippen MR) is 194 cm³/mol. The summed E-state index contributed by atoms with van der Waals surface area (Å²) in [6.07, 6.45) is -1.01. The lowest BCUT2D eigenvalue weighted by atomic mass is 9.97. The van der Waals surface area contributed by atoms with Crippen LogP contribution in [0.4, 0.5) is 33.7 Å². The number of carbonyl (C=O) groups excluding carboxylic acids is 3. The van der Waals surface area contributed by atoms with E-state index in [1.807, 2.05) is 18.9 Å². The van der Waals surface area contributed by atoms with Crippen LogP contribution in [0.1, 0.15) is 60.9 Å². The summed E-state index contributed by atoms with van der Waals surface area (Å²) in [7, 11) is 1.82. The first-order chi connectivity index (χ1) is 24.7. The van der Waals surface area contributed by atoms with Crippen LogP contribution in [0.3, 0.4) is 0 Å². The number of anilines is 2. The molecule has 4 aromatic rings. The first kappa shape index (κ1) is 38.7. The Morgan fingerprint density at radius 2 is 1.56 bits per heavy atom. The van der Waals surface area contributed by atoms with Crippen molar-refractivity contribution >= 4 is 29.3 Å². The van der Waals surface area contributed by atoms with Gasteiger partial charge in [-0.25, -0.2) is 22.4 Å². The zero-order chi connectivity index (χ0) is 38.3. The number of nitrogens with one attached hydrogen (secondary N) is 2. The number of benzene rings is 4. The second kappa shape index (κ2) is 16.7. The third-order valence-electron chi connectivity index (χ3n) is 8.50. The van der Waals surface area contributed by atoms with Crippen LogP contribution in [0.15, 0.2) is 92.3 Å². The zero-order valence-electron chi connectivity index (χ0n) is 29.1. The van der Waals surface area contributed by atoms with Crippen LogP contribution in [0.25, 0.3) is 0 Å². The van der Waals surface area contributed by atoms with E-state index in [1.54, 1.807) is 54.3 Å². The minimum absolute atomic E-state index is 0. The van der Waals surface area contributed by atoms with Crippen LogP contribution in [-0.4, -0.2) is 29.9 Å². The third-order valence-corrected chi connectivity index (χ3v) is 8.50. The molecule has 9 nitrogen and oxygen atoms in total. The van der Waals surface area contributed by atoms with Gasteiger partial charge in [-0.2, -0.15) is 0 Å². The average molecular weight is 723 g/mol. The van der Waals surface area contributed by atoms with Crippen LogP contribution in [0.2, 0.25) is 0 Å². The minimum atomic E-state index is -1.13. The van der Waals surface area contributed by atoms with Gasteiger partial charge in [0.25, 0.3) is 5.91 Å². The number of nitrogens with zero attached hydrogens (tertiary/aromatic N) is 2. The standard InChI is InChI=1S/C37H34F4N4O5.C2H4.2H2/c1-20-30(31(39)12-13-35(20)50-37(48)49-19-24-6-9-27(10-7-24)43-22(3)46)18-45-23(4)44(5)21(2)28-11-8-25(14-34(28)45)36(47)42-17-29-32(40)15-26(38)16-33(29)41;1-2;;/h6-16,21H,4,17-19H2,1-3,5H3,(H,42,47)(H,43,46);1-2H2;2*1H/t21-;;;/m0.../s1. The fourth-order valence-corrected chi connectivity index (χ4v) is 5.54. The molecule has 2 N–H and O–H groups in total. The van der Waals surface area contributed by atoms with E-state index in [-0.39, 0.29) is 44.8 Å². The highest BCUT2D eigenvalue weighted by Gasteiger charge is 2.31. The first-order valence-corrected chi connectivity index (χ1v) is 16.0. The molecule has 0 radical (unpaired) electrons. The van der Waals surface area contributed by atoms with Gasteiger partial charge in [-0.15, -0.1) is 13.2 Å². The van der Waals surface area contributed by atoms with E-state index in [2.05, 4.69) is 30.4 Å². The predicted octanol–water partition coefficient (Wildman–Crippen LogP) is 8.93. The number of hydrogen-bond acceptors (Lipinski definition) is 7. The quantitative estimate of drug-likeness (QED) is 0.0771. The van der Waals surface area contributed by atoms with Crippen molar-refractivity contribution in [2.24, 2.45) is 0 Å². The van der Waals surface area contributed by atoms with Gasteiger partial charge in [0.15, 0.2) is 0 Å². The second-order valence-electron chi connectivity index (χ2n) is 11.8. The molecule has 0 aromatic heterocycles. The average Bonchev–Trinajstić information content (AvgIpc) is 3.11. The minimum Gasteiger partial charge on any atom is -0.429 e. The summed E-state index contributed by atoms with van der Waals surface area (Å²) in [6, 6.07) is 14.9. The summed E-state index contributed by atoms with van der Waals surface area (Å²) >= 11 is 0. The summed E-state index contributed by atoms with van der Waals surface area (Å²) in [6.45, 7) is 14.4. The van der Waals surface area contributed by atoms with Gasteiger partial charge < -0.3 is 29.9 Å². The summed E-state index contributed by atoms with van der Waals surface area (Å²) in [5.74, 6) is -4.19. The van der Waals surface area contributed by atoms with Gasteiger partial charge in [0.1, 0.15) is 41.4 Å². The van der Waals surface area contributed by atoms with Gasteiger partial charge >= 0.3 is 6.16 Å². The zero-order valence-corrected chi connectivity index (χ0v) is 29.1. The van der Waals surface area contributed by atoms with Gasteiger partial charge in [-0.3, -0.25) is 9.59 Å². The van der Waals surface area contributed by atoms with Crippen molar-refractivity contribution in [1.82, 2.24) is 10.2 Å². The van der Waals surface area contributed by atoms with Crippen molar-refractivity contribution in [1.29, 1.82) is 0 Å². The molecule has 0 spiro atoms. The molecular formula is C39H42F4N4O5.